The Hall–Kier alpha value is -1.79. The Balaban J connectivity index is 2.50. The van der Waals surface area contributed by atoms with Gasteiger partial charge in [0.05, 0.1) is 11.9 Å². The molecule has 0 spiro atoms. The molecule has 98 valence electrons. The van der Waals surface area contributed by atoms with E-state index < -0.39 is 12.2 Å². The van der Waals surface area contributed by atoms with Gasteiger partial charge in [0.1, 0.15) is 0 Å². The highest BCUT2D eigenvalue weighted by Crippen LogP contribution is 2.25. The molecule has 0 unspecified atom stereocenters. The lowest BCUT2D eigenvalue weighted by Crippen LogP contribution is -2.20. The Morgan fingerprint density at radius 2 is 1.83 bits per heavy atom. The Bertz CT molecular complexity index is 569. The molecule has 0 bridgehead atoms. The summed E-state index contributed by atoms with van der Waals surface area (Å²) in [6.45, 7) is 5.76. The first-order chi connectivity index (χ1) is 8.17. The van der Waals surface area contributed by atoms with Crippen molar-refractivity contribution in [1.82, 2.24) is 14.6 Å². The molecule has 0 aliphatic heterocycles. The normalized spacial score (nSPS) is 13.0. The van der Waals surface area contributed by atoms with Gasteiger partial charge >= 0.3 is 6.36 Å². The largest absolute Gasteiger partial charge is 0.574 e. The first-order valence-corrected chi connectivity index (χ1v) is 5.28. The second-order valence-electron chi connectivity index (χ2n) is 4.88. The van der Waals surface area contributed by atoms with E-state index in [1.54, 1.807) is 12.1 Å². The Kier molecular flexibility index (Phi) is 2.71. The van der Waals surface area contributed by atoms with Gasteiger partial charge in [0.2, 0.25) is 5.88 Å². The fraction of sp³-hybridized carbons (Fsp3) is 0.455. The summed E-state index contributed by atoms with van der Waals surface area (Å²) in [5, 5.41) is 4.12. The molecule has 0 aliphatic carbocycles. The fourth-order valence-electron chi connectivity index (χ4n) is 1.44. The minimum Gasteiger partial charge on any atom is -0.386 e. The van der Waals surface area contributed by atoms with Crippen LogP contribution in [0.15, 0.2) is 18.3 Å². The lowest BCUT2D eigenvalue weighted by Gasteiger charge is -2.17. The Morgan fingerprint density at radius 3 is 2.39 bits per heavy atom. The third-order valence-corrected chi connectivity index (χ3v) is 2.32. The molecule has 0 atom stereocenters. The van der Waals surface area contributed by atoms with E-state index in [0.29, 0.717) is 11.3 Å². The molecule has 7 heteroatoms. The number of aromatic nitrogens is 3. The first kappa shape index (κ1) is 12.7. The van der Waals surface area contributed by atoms with Gasteiger partial charge in [0, 0.05) is 5.41 Å². The number of hydrogen-bond donors (Lipinski definition) is 0. The van der Waals surface area contributed by atoms with Crippen molar-refractivity contribution < 1.29 is 17.9 Å². The van der Waals surface area contributed by atoms with Crippen LogP contribution in [-0.2, 0) is 5.41 Å². The second-order valence-corrected chi connectivity index (χ2v) is 4.88. The molecular formula is C11H12F3N3O. The monoisotopic (exact) mass is 259 g/mol. The van der Waals surface area contributed by atoms with E-state index in [-0.39, 0.29) is 5.41 Å². The number of ether oxygens (including phenoxy) is 1. The molecule has 18 heavy (non-hydrogen) atoms. The maximum atomic E-state index is 12.2. The first-order valence-electron chi connectivity index (χ1n) is 5.28. The minimum absolute atomic E-state index is 0.270. The van der Waals surface area contributed by atoms with E-state index in [1.165, 1.54) is 0 Å². The zero-order valence-corrected chi connectivity index (χ0v) is 10.1. The van der Waals surface area contributed by atoms with Crippen LogP contribution in [0.3, 0.4) is 0 Å². The van der Waals surface area contributed by atoms with Gasteiger partial charge < -0.3 is 4.74 Å². The highest BCUT2D eigenvalue weighted by atomic mass is 19.4. The zero-order chi connectivity index (χ0) is 13.6. The molecule has 0 aliphatic rings. The number of rotatable bonds is 1. The molecule has 0 fully saturated rings. The molecule has 2 aromatic heterocycles. The quantitative estimate of drug-likeness (QED) is 0.790. The average molecular weight is 259 g/mol. The predicted molar refractivity (Wildman–Crippen MR) is 58.4 cm³/mol. The summed E-state index contributed by atoms with van der Waals surface area (Å²) in [5.41, 5.74) is 0.691. The maximum Gasteiger partial charge on any atom is 0.574 e. The highest BCUT2D eigenvalue weighted by Gasteiger charge is 2.33. The number of alkyl halides is 3. The lowest BCUT2D eigenvalue weighted by atomic mass is 9.92. The number of nitrogens with zero attached hydrogens (tertiary/aromatic N) is 3. The van der Waals surface area contributed by atoms with Crippen LogP contribution in [0, 0.1) is 0 Å². The third kappa shape index (κ3) is 2.55. The number of imidazole rings is 1. The molecule has 0 aromatic carbocycles. The lowest BCUT2D eigenvalue weighted by molar-refractivity contribution is -0.276. The molecule has 0 saturated heterocycles. The summed E-state index contributed by atoms with van der Waals surface area (Å²) in [5.74, 6) is -0.441. The third-order valence-electron chi connectivity index (χ3n) is 2.32. The molecule has 2 rings (SSSR count). The molecule has 0 N–H and O–H groups in total. The van der Waals surface area contributed by atoms with E-state index in [0.717, 1.165) is 10.7 Å². The van der Waals surface area contributed by atoms with Crippen molar-refractivity contribution in [3.05, 3.63) is 24.0 Å². The van der Waals surface area contributed by atoms with Crippen LogP contribution in [-0.4, -0.2) is 21.0 Å². The van der Waals surface area contributed by atoms with E-state index in [2.05, 4.69) is 14.8 Å². The van der Waals surface area contributed by atoms with Crippen molar-refractivity contribution >= 4 is 5.65 Å². The summed E-state index contributed by atoms with van der Waals surface area (Å²) in [6, 6.07) is 3.34. The standard InChI is InChI=1S/C11H12F3N3O/c1-10(2,3)7-4-5-8-15-6-9(17(8)16-7)18-11(12,13)14/h4-6H,1-3H3. The van der Waals surface area contributed by atoms with E-state index in [9.17, 15) is 13.2 Å². The van der Waals surface area contributed by atoms with E-state index in [1.807, 2.05) is 20.8 Å². The molecule has 0 amide bonds. The molecular weight excluding hydrogens is 247 g/mol. The molecule has 2 heterocycles. The predicted octanol–water partition coefficient (Wildman–Crippen LogP) is 2.93. The SMILES string of the molecule is CC(C)(C)c1ccc2ncc(OC(F)(F)F)n2n1. The number of halogens is 3. The van der Waals surface area contributed by atoms with Gasteiger partial charge in [-0.15, -0.1) is 13.2 Å². The van der Waals surface area contributed by atoms with Crippen molar-refractivity contribution in [2.45, 2.75) is 32.5 Å². The topological polar surface area (TPSA) is 39.4 Å². The zero-order valence-electron chi connectivity index (χ0n) is 10.1. The van der Waals surface area contributed by atoms with Gasteiger partial charge in [-0.05, 0) is 12.1 Å². The average Bonchev–Trinajstić information content (AvgIpc) is 2.57. The van der Waals surface area contributed by atoms with Crippen LogP contribution < -0.4 is 4.74 Å². The van der Waals surface area contributed by atoms with Gasteiger partial charge in [0.15, 0.2) is 5.65 Å². The van der Waals surface area contributed by atoms with Gasteiger partial charge in [-0.2, -0.15) is 9.61 Å². The van der Waals surface area contributed by atoms with Gasteiger partial charge in [-0.25, -0.2) is 4.98 Å². The number of fused-ring (bicyclic) bond motifs is 1. The van der Waals surface area contributed by atoms with Crippen LogP contribution >= 0.6 is 0 Å². The summed E-state index contributed by atoms with van der Waals surface area (Å²) in [6.07, 6.45) is -3.75. The molecule has 4 nitrogen and oxygen atoms in total. The van der Waals surface area contributed by atoms with Crippen molar-refractivity contribution in [1.29, 1.82) is 0 Å². The van der Waals surface area contributed by atoms with E-state index >= 15 is 0 Å². The van der Waals surface area contributed by atoms with Crippen LogP contribution in [0.1, 0.15) is 26.5 Å². The smallest absolute Gasteiger partial charge is 0.386 e. The second kappa shape index (κ2) is 3.86. The summed E-state index contributed by atoms with van der Waals surface area (Å²) in [4.78, 5) is 3.80. The van der Waals surface area contributed by atoms with Crippen LogP contribution in [0.25, 0.3) is 5.65 Å². The molecule has 2 aromatic rings. The van der Waals surface area contributed by atoms with Crippen molar-refractivity contribution in [2.75, 3.05) is 0 Å². The van der Waals surface area contributed by atoms with Crippen LogP contribution in [0.2, 0.25) is 0 Å². The molecule has 0 radical (unpaired) electrons. The number of hydrogen-bond acceptors (Lipinski definition) is 3. The van der Waals surface area contributed by atoms with Crippen molar-refractivity contribution in [3.8, 4) is 5.88 Å². The Labute approximate surface area is 101 Å². The Morgan fingerprint density at radius 1 is 1.17 bits per heavy atom. The highest BCUT2D eigenvalue weighted by molar-refractivity contribution is 5.41. The minimum atomic E-state index is -4.75. The van der Waals surface area contributed by atoms with Crippen molar-refractivity contribution in [3.63, 3.8) is 0 Å². The summed E-state index contributed by atoms with van der Waals surface area (Å²) < 4.78 is 41.5. The van der Waals surface area contributed by atoms with Gasteiger partial charge in [-0.3, -0.25) is 0 Å². The summed E-state index contributed by atoms with van der Waals surface area (Å²) in [7, 11) is 0. The maximum absolute atomic E-state index is 12.2. The van der Waals surface area contributed by atoms with Crippen molar-refractivity contribution in [2.24, 2.45) is 0 Å². The van der Waals surface area contributed by atoms with Crippen LogP contribution in [0.5, 0.6) is 5.88 Å². The van der Waals surface area contributed by atoms with Gasteiger partial charge in [0.25, 0.3) is 0 Å². The fourth-order valence-corrected chi connectivity index (χ4v) is 1.44. The van der Waals surface area contributed by atoms with E-state index in [4.69, 9.17) is 0 Å². The summed E-state index contributed by atoms with van der Waals surface area (Å²) >= 11 is 0. The van der Waals surface area contributed by atoms with Crippen LogP contribution in [0.4, 0.5) is 13.2 Å². The van der Waals surface area contributed by atoms with Gasteiger partial charge in [-0.1, -0.05) is 20.8 Å². The molecule has 0 saturated carbocycles.